The van der Waals surface area contributed by atoms with Crippen LogP contribution >= 0.6 is 0 Å². The van der Waals surface area contributed by atoms with E-state index in [-0.39, 0.29) is 11.5 Å². The minimum Gasteiger partial charge on any atom is -0.258 e. The number of aromatic nitrogens is 2. The van der Waals surface area contributed by atoms with E-state index in [1.165, 1.54) is 24.4 Å². The summed E-state index contributed by atoms with van der Waals surface area (Å²) in [4.78, 5) is 18.8. The number of nitrogens with zero attached hydrogens (tertiary/aromatic N) is 3. The Kier molecular flexibility index (Phi) is 3.06. The molecule has 0 radical (unpaired) electrons. The molecule has 21 heavy (non-hydrogen) atoms. The van der Waals surface area contributed by atoms with E-state index >= 15 is 0 Å². The zero-order chi connectivity index (χ0) is 15.0. The number of rotatable bonds is 2. The van der Waals surface area contributed by atoms with Crippen molar-refractivity contribution in [1.29, 1.82) is 0 Å². The van der Waals surface area contributed by atoms with E-state index in [9.17, 15) is 14.5 Å². The summed E-state index contributed by atoms with van der Waals surface area (Å²) in [6.45, 7) is 1.74. The normalized spacial score (nSPS) is 10.8. The van der Waals surface area contributed by atoms with Crippen LogP contribution in [0.3, 0.4) is 0 Å². The number of nitro groups is 1. The highest BCUT2D eigenvalue weighted by molar-refractivity contribution is 5.81. The Labute approximate surface area is 119 Å². The fraction of sp³-hybridized carbons (Fsp3) is 0.0667. The molecule has 0 N–H and O–H groups in total. The zero-order valence-corrected chi connectivity index (χ0v) is 11.1. The lowest BCUT2D eigenvalue weighted by Crippen LogP contribution is -1.95. The molecule has 3 rings (SSSR count). The Morgan fingerprint density at radius 3 is 2.71 bits per heavy atom. The monoisotopic (exact) mass is 283 g/mol. The van der Waals surface area contributed by atoms with Crippen molar-refractivity contribution < 1.29 is 9.31 Å². The first kappa shape index (κ1) is 13.1. The first-order valence-electron chi connectivity index (χ1n) is 6.22. The average molecular weight is 283 g/mol. The first-order valence-corrected chi connectivity index (χ1v) is 6.22. The molecule has 5 nitrogen and oxygen atoms in total. The van der Waals surface area contributed by atoms with Gasteiger partial charge in [0.1, 0.15) is 12.0 Å². The smallest absolute Gasteiger partial charge is 0.258 e. The molecule has 0 saturated heterocycles. The summed E-state index contributed by atoms with van der Waals surface area (Å²) in [6.07, 6.45) is 1.21. The molecule has 0 saturated carbocycles. The predicted octanol–water partition coefficient (Wildman–Crippen LogP) is 3.65. The molecule has 0 unspecified atom stereocenters. The summed E-state index contributed by atoms with van der Waals surface area (Å²) in [6, 6.07) is 9.28. The number of hydrogen-bond acceptors (Lipinski definition) is 4. The molecule has 0 atom stereocenters. The van der Waals surface area contributed by atoms with Gasteiger partial charge in [-0.25, -0.2) is 14.4 Å². The van der Waals surface area contributed by atoms with Crippen molar-refractivity contribution in [2.75, 3.05) is 0 Å². The van der Waals surface area contributed by atoms with Crippen molar-refractivity contribution in [3.05, 3.63) is 64.1 Å². The van der Waals surface area contributed by atoms with Crippen molar-refractivity contribution in [2.45, 2.75) is 6.92 Å². The highest BCUT2D eigenvalue weighted by atomic mass is 19.1. The molecule has 2 aromatic heterocycles. The Morgan fingerprint density at radius 1 is 1.19 bits per heavy atom. The SMILES string of the molecule is Cc1cc([N+](=O)[O-])cnc1-c1ccc2cc(F)ccc2n1. The molecule has 0 spiro atoms. The third-order valence-electron chi connectivity index (χ3n) is 3.17. The molecule has 0 aliphatic heterocycles. The minimum atomic E-state index is -0.486. The van der Waals surface area contributed by atoms with Crippen molar-refractivity contribution in [3.8, 4) is 11.4 Å². The van der Waals surface area contributed by atoms with Crippen LogP contribution in [0, 0.1) is 22.9 Å². The van der Waals surface area contributed by atoms with E-state index in [0.29, 0.717) is 27.9 Å². The Bertz CT molecular complexity index is 865. The molecule has 0 aliphatic rings. The maximum Gasteiger partial charge on any atom is 0.287 e. The summed E-state index contributed by atoms with van der Waals surface area (Å²) >= 11 is 0. The lowest BCUT2D eigenvalue weighted by atomic mass is 10.1. The van der Waals surface area contributed by atoms with Gasteiger partial charge in [0.05, 0.1) is 21.8 Å². The van der Waals surface area contributed by atoms with Gasteiger partial charge in [0.15, 0.2) is 0 Å². The standard InChI is InChI=1S/C15H10FN3O2/c1-9-6-12(19(20)21)8-17-15(9)14-4-2-10-7-11(16)3-5-13(10)18-14/h2-8H,1H3. The molecule has 0 bridgehead atoms. The van der Waals surface area contributed by atoms with E-state index in [0.717, 1.165) is 0 Å². The van der Waals surface area contributed by atoms with Crippen LogP contribution in [0.2, 0.25) is 0 Å². The molecular formula is C15H10FN3O2. The van der Waals surface area contributed by atoms with Crippen LogP contribution in [0.4, 0.5) is 10.1 Å². The number of halogens is 1. The number of fused-ring (bicyclic) bond motifs is 1. The van der Waals surface area contributed by atoms with E-state index in [2.05, 4.69) is 9.97 Å². The van der Waals surface area contributed by atoms with Gasteiger partial charge in [0.25, 0.3) is 5.69 Å². The third-order valence-corrected chi connectivity index (χ3v) is 3.17. The van der Waals surface area contributed by atoms with Crippen molar-refractivity contribution in [2.24, 2.45) is 0 Å². The first-order chi connectivity index (χ1) is 10.0. The van der Waals surface area contributed by atoms with Gasteiger partial charge in [-0.15, -0.1) is 0 Å². The second kappa shape index (κ2) is 4.90. The number of hydrogen-bond donors (Lipinski definition) is 0. The highest BCUT2D eigenvalue weighted by Gasteiger charge is 2.12. The van der Waals surface area contributed by atoms with Gasteiger partial charge < -0.3 is 0 Å². The predicted molar refractivity (Wildman–Crippen MR) is 76.3 cm³/mol. The average Bonchev–Trinajstić information content (AvgIpc) is 2.46. The molecular weight excluding hydrogens is 273 g/mol. The number of aryl methyl sites for hydroxylation is 1. The topological polar surface area (TPSA) is 68.9 Å². The summed E-state index contributed by atoms with van der Waals surface area (Å²) in [5.41, 5.74) is 2.43. The quantitative estimate of drug-likeness (QED) is 0.531. The second-order valence-corrected chi connectivity index (χ2v) is 4.65. The maximum absolute atomic E-state index is 13.1. The van der Waals surface area contributed by atoms with Crippen molar-refractivity contribution in [1.82, 2.24) is 9.97 Å². The number of pyridine rings is 2. The summed E-state index contributed by atoms with van der Waals surface area (Å²) in [5.74, 6) is -0.318. The minimum absolute atomic E-state index is 0.0564. The van der Waals surface area contributed by atoms with Gasteiger partial charge in [-0.1, -0.05) is 6.07 Å². The molecule has 104 valence electrons. The molecule has 0 amide bonds. The van der Waals surface area contributed by atoms with Gasteiger partial charge in [-0.2, -0.15) is 0 Å². The fourth-order valence-corrected chi connectivity index (χ4v) is 2.16. The molecule has 0 aliphatic carbocycles. The third kappa shape index (κ3) is 2.43. The molecule has 1 aromatic carbocycles. The van der Waals surface area contributed by atoms with Crippen molar-refractivity contribution in [3.63, 3.8) is 0 Å². The van der Waals surface area contributed by atoms with Gasteiger partial charge in [0.2, 0.25) is 0 Å². The Morgan fingerprint density at radius 2 is 2.00 bits per heavy atom. The zero-order valence-electron chi connectivity index (χ0n) is 11.1. The number of benzene rings is 1. The summed E-state index contributed by atoms with van der Waals surface area (Å²) in [5, 5.41) is 11.4. The van der Waals surface area contributed by atoms with E-state index in [1.807, 2.05) is 0 Å². The van der Waals surface area contributed by atoms with Crippen LogP contribution in [0.25, 0.3) is 22.3 Å². The Hall–Kier alpha value is -2.89. The van der Waals surface area contributed by atoms with Crippen molar-refractivity contribution >= 4 is 16.6 Å². The van der Waals surface area contributed by atoms with Gasteiger partial charge in [-0.05, 0) is 36.8 Å². The van der Waals surface area contributed by atoms with Gasteiger partial charge >= 0.3 is 0 Å². The van der Waals surface area contributed by atoms with Crippen LogP contribution in [0.5, 0.6) is 0 Å². The van der Waals surface area contributed by atoms with Crippen LogP contribution in [-0.2, 0) is 0 Å². The van der Waals surface area contributed by atoms with Crippen LogP contribution < -0.4 is 0 Å². The lowest BCUT2D eigenvalue weighted by molar-refractivity contribution is -0.385. The molecule has 3 aromatic rings. The van der Waals surface area contributed by atoms with Crippen LogP contribution in [0.15, 0.2) is 42.6 Å². The highest BCUT2D eigenvalue weighted by Crippen LogP contribution is 2.25. The maximum atomic E-state index is 13.1. The lowest BCUT2D eigenvalue weighted by Gasteiger charge is -2.05. The molecule has 0 fully saturated rings. The Balaban J connectivity index is 2.12. The van der Waals surface area contributed by atoms with E-state index in [1.54, 1.807) is 25.1 Å². The van der Waals surface area contributed by atoms with Crippen LogP contribution in [-0.4, -0.2) is 14.9 Å². The van der Waals surface area contributed by atoms with Gasteiger partial charge in [-0.3, -0.25) is 10.1 Å². The van der Waals surface area contributed by atoms with Gasteiger partial charge in [0, 0.05) is 11.5 Å². The van der Waals surface area contributed by atoms with E-state index < -0.39 is 4.92 Å². The largest absolute Gasteiger partial charge is 0.287 e. The van der Waals surface area contributed by atoms with E-state index in [4.69, 9.17) is 0 Å². The summed E-state index contributed by atoms with van der Waals surface area (Å²) in [7, 11) is 0. The molecule has 6 heteroatoms. The second-order valence-electron chi connectivity index (χ2n) is 4.65. The van der Waals surface area contributed by atoms with Crippen LogP contribution in [0.1, 0.15) is 5.56 Å². The summed E-state index contributed by atoms with van der Waals surface area (Å²) < 4.78 is 13.1. The fourth-order valence-electron chi connectivity index (χ4n) is 2.16. The molecule has 2 heterocycles.